The van der Waals surface area contributed by atoms with Gasteiger partial charge in [0.25, 0.3) is 0 Å². The molecule has 1 heterocycles. The number of aliphatic hydroxyl groups excluding tert-OH is 1. The number of hydrogen-bond donors (Lipinski definition) is 1. The highest BCUT2D eigenvalue weighted by Gasteiger charge is 2.07. The lowest BCUT2D eigenvalue weighted by molar-refractivity contribution is 0.281. The van der Waals surface area contributed by atoms with Gasteiger partial charge >= 0.3 is 0 Å². The highest BCUT2D eigenvalue weighted by Crippen LogP contribution is 2.26. The fourth-order valence-corrected chi connectivity index (χ4v) is 2.61. The SMILES string of the molecule is Cc1ccn(-c2cc(-c3ccc(C)c(CO)c3)ccc2C)n1. The van der Waals surface area contributed by atoms with Crippen LogP contribution in [0, 0.1) is 20.8 Å². The number of aliphatic hydroxyl groups is 1. The molecule has 0 aliphatic rings. The molecule has 1 aromatic heterocycles. The lowest BCUT2D eigenvalue weighted by atomic mass is 9.98. The van der Waals surface area contributed by atoms with E-state index in [-0.39, 0.29) is 6.61 Å². The summed E-state index contributed by atoms with van der Waals surface area (Å²) in [6.45, 7) is 6.16. The Morgan fingerprint density at radius 1 is 0.909 bits per heavy atom. The number of benzene rings is 2. The molecule has 0 bridgehead atoms. The number of nitrogens with zero attached hydrogens (tertiary/aromatic N) is 2. The maximum Gasteiger partial charge on any atom is 0.0684 e. The summed E-state index contributed by atoms with van der Waals surface area (Å²) >= 11 is 0. The van der Waals surface area contributed by atoms with E-state index in [9.17, 15) is 5.11 Å². The summed E-state index contributed by atoms with van der Waals surface area (Å²) in [5, 5.41) is 14.0. The normalized spacial score (nSPS) is 10.9. The van der Waals surface area contributed by atoms with E-state index in [1.807, 2.05) is 30.8 Å². The zero-order valence-electron chi connectivity index (χ0n) is 13.2. The summed E-state index contributed by atoms with van der Waals surface area (Å²) in [5.74, 6) is 0. The minimum atomic E-state index is 0.0662. The van der Waals surface area contributed by atoms with E-state index in [0.29, 0.717) is 0 Å². The Morgan fingerprint density at radius 3 is 2.23 bits per heavy atom. The third-order valence-corrected chi connectivity index (χ3v) is 4.03. The van der Waals surface area contributed by atoms with Crippen LogP contribution in [0.4, 0.5) is 0 Å². The van der Waals surface area contributed by atoms with E-state index < -0.39 is 0 Å². The summed E-state index contributed by atoms with van der Waals surface area (Å²) in [4.78, 5) is 0. The molecule has 0 unspecified atom stereocenters. The van der Waals surface area contributed by atoms with Gasteiger partial charge in [-0.25, -0.2) is 4.68 Å². The summed E-state index contributed by atoms with van der Waals surface area (Å²) in [5.41, 5.74) is 7.58. The summed E-state index contributed by atoms with van der Waals surface area (Å²) < 4.78 is 1.91. The molecule has 2 aromatic carbocycles. The lowest BCUT2D eigenvalue weighted by Gasteiger charge is -2.11. The van der Waals surface area contributed by atoms with Crippen LogP contribution in [0.3, 0.4) is 0 Å². The average Bonchev–Trinajstić information content (AvgIpc) is 2.95. The van der Waals surface area contributed by atoms with Crippen LogP contribution in [-0.4, -0.2) is 14.9 Å². The van der Waals surface area contributed by atoms with Gasteiger partial charge in [0, 0.05) is 6.20 Å². The van der Waals surface area contributed by atoms with Crippen molar-refractivity contribution >= 4 is 0 Å². The first kappa shape index (κ1) is 14.5. The number of rotatable bonds is 3. The molecule has 0 atom stereocenters. The number of aromatic nitrogens is 2. The van der Waals surface area contributed by atoms with Gasteiger partial charge in [-0.1, -0.05) is 24.3 Å². The molecule has 3 nitrogen and oxygen atoms in total. The van der Waals surface area contributed by atoms with E-state index in [0.717, 1.165) is 33.6 Å². The van der Waals surface area contributed by atoms with Gasteiger partial charge in [-0.3, -0.25) is 0 Å². The highest BCUT2D eigenvalue weighted by molar-refractivity contribution is 5.68. The van der Waals surface area contributed by atoms with Gasteiger partial charge in [-0.15, -0.1) is 0 Å². The Labute approximate surface area is 130 Å². The van der Waals surface area contributed by atoms with Crippen molar-refractivity contribution < 1.29 is 5.11 Å². The molecule has 0 amide bonds. The van der Waals surface area contributed by atoms with Crippen LogP contribution in [0.1, 0.15) is 22.4 Å². The van der Waals surface area contributed by atoms with Crippen LogP contribution in [-0.2, 0) is 6.61 Å². The van der Waals surface area contributed by atoms with Gasteiger partial charge in [0.1, 0.15) is 0 Å². The Kier molecular flexibility index (Phi) is 3.82. The standard InChI is InChI=1S/C19H20N2O/c1-13-4-6-16(10-18(13)12-22)17-7-5-14(2)19(11-17)21-9-8-15(3)20-21/h4-11,22H,12H2,1-3H3. The van der Waals surface area contributed by atoms with E-state index in [1.54, 1.807) is 0 Å². The monoisotopic (exact) mass is 292 g/mol. The second-order valence-corrected chi connectivity index (χ2v) is 5.70. The van der Waals surface area contributed by atoms with E-state index >= 15 is 0 Å². The molecule has 112 valence electrons. The van der Waals surface area contributed by atoms with Crippen molar-refractivity contribution in [1.82, 2.24) is 9.78 Å². The smallest absolute Gasteiger partial charge is 0.0684 e. The van der Waals surface area contributed by atoms with Crippen molar-refractivity contribution in [2.24, 2.45) is 0 Å². The zero-order chi connectivity index (χ0) is 15.7. The molecular formula is C19H20N2O. The lowest BCUT2D eigenvalue weighted by Crippen LogP contribution is -1.99. The Hall–Kier alpha value is -2.39. The van der Waals surface area contributed by atoms with Crippen molar-refractivity contribution in [3.8, 4) is 16.8 Å². The Bertz CT molecular complexity index is 818. The number of aryl methyl sites for hydroxylation is 3. The van der Waals surface area contributed by atoms with E-state index in [4.69, 9.17) is 0 Å². The Balaban J connectivity index is 2.09. The molecule has 0 aliphatic carbocycles. The molecule has 0 aliphatic heterocycles. The van der Waals surface area contributed by atoms with Crippen molar-refractivity contribution in [2.75, 3.05) is 0 Å². The average molecular weight is 292 g/mol. The summed E-state index contributed by atoms with van der Waals surface area (Å²) in [6.07, 6.45) is 1.98. The topological polar surface area (TPSA) is 38.0 Å². The maximum absolute atomic E-state index is 9.46. The van der Waals surface area contributed by atoms with Gasteiger partial charge in [0.15, 0.2) is 0 Å². The molecule has 1 N–H and O–H groups in total. The van der Waals surface area contributed by atoms with Crippen LogP contribution in [0.25, 0.3) is 16.8 Å². The van der Waals surface area contributed by atoms with Gasteiger partial charge in [0.05, 0.1) is 18.0 Å². The second kappa shape index (κ2) is 5.78. The molecule has 0 saturated heterocycles. The van der Waals surface area contributed by atoms with E-state index in [1.165, 1.54) is 5.56 Å². The van der Waals surface area contributed by atoms with Crippen molar-refractivity contribution in [3.63, 3.8) is 0 Å². The molecule has 22 heavy (non-hydrogen) atoms. The summed E-state index contributed by atoms with van der Waals surface area (Å²) in [7, 11) is 0. The minimum absolute atomic E-state index is 0.0662. The second-order valence-electron chi connectivity index (χ2n) is 5.70. The first-order valence-corrected chi connectivity index (χ1v) is 7.42. The van der Waals surface area contributed by atoms with Crippen molar-refractivity contribution in [2.45, 2.75) is 27.4 Å². The fourth-order valence-electron chi connectivity index (χ4n) is 2.61. The van der Waals surface area contributed by atoms with Gasteiger partial charge in [-0.05, 0) is 66.8 Å². The molecule has 3 aromatic rings. The molecule has 3 rings (SSSR count). The predicted molar refractivity (Wildman–Crippen MR) is 89.1 cm³/mol. The fraction of sp³-hybridized carbons (Fsp3) is 0.211. The van der Waals surface area contributed by atoms with Gasteiger partial charge in [-0.2, -0.15) is 5.10 Å². The number of hydrogen-bond acceptors (Lipinski definition) is 2. The summed E-state index contributed by atoms with van der Waals surface area (Å²) in [6, 6.07) is 14.6. The zero-order valence-corrected chi connectivity index (χ0v) is 13.2. The first-order valence-electron chi connectivity index (χ1n) is 7.42. The van der Waals surface area contributed by atoms with Crippen LogP contribution < -0.4 is 0 Å². The van der Waals surface area contributed by atoms with Gasteiger partial charge in [0.2, 0.25) is 0 Å². The van der Waals surface area contributed by atoms with Crippen molar-refractivity contribution in [3.05, 3.63) is 71.0 Å². The van der Waals surface area contributed by atoms with Gasteiger partial charge < -0.3 is 5.11 Å². The van der Waals surface area contributed by atoms with Crippen LogP contribution in [0.15, 0.2) is 48.7 Å². The Morgan fingerprint density at radius 2 is 1.59 bits per heavy atom. The minimum Gasteiger partial charge on any atom is -0.392 e. The third-order valence-electron chi connectivity index (χ3n) is 4.03. The molecule has 0 saturated carbocycles. The molecular weight excluding hydrogens is 272 g/mol. The third kappa shape index (κ3) is 2.68. The highest BCUT2D eigenvalue weighted by atomic mass is 16.3. The molecule has 0 radical (unpaired) electrons. The van der Waals surface area contributed by atoms with Crippen LogP contribution >= 0.6 is 0 Å². The maximum atomic E-state index is 9.46. The molecule has 0 fully saturated rings. The van der Waals surface area contributed by atoms with Crippen LogP contribution in [0.5, 0.6) is 0 Å². The first-order chi connectivity index (χ1) is 10.6. The molecule has 3 heteroatoms. The van der Waals surface area contributed by atoms with E-state index in [2.05, 4.69) is 48.4 Å². The molecule has 0 spiro atoms. The quantitative estimate of drug-likeness (QED) is 0.793. The van der Waals surface area contributed by atoms with Crippen molar-refractivity contribution in [1.29, 1.82) is 0 Å². The van der Waals surface area contributed by atoms with Crippen LogP contribution in [0.2, 0.25) is 0 Å². The largest absolute Gasteiger partial charge is 0.392 e. The predicted octanol–water partition coefficient (Wildman–Crippen LogP) is 3.96.